The van der Waals surface area contributed by atoms with Crippen molar-refractivity contribution >= 4 is 45.1 Å². The molecule has 0 unspecified atom stereocenters. The van der Waals surface area contributed by atoms with Crippen molar-refractivity contribution < 1.29 is 22.4 Å². The number of carbonyl (C=O) groups is 1. The van der Waals surface area contributed by atoms with Crippen LogP contribution in [0, 0.1) is 0 Å². The lowest BCUT2D eigenvalue weighted by Gasteiger charge is -2.06. The molecule has 2 aromatic heterocycles. The van der Waals surface area contributed by atoms with E-state index in [9.17, 15) is 22.8 Å². The first-order chi connectivity index (χ1) is 14.2. The highest BCUT2D eigenvalue weighted by Crippen LogP contribution is 2.31. The zero-order valence-electron chi connectivity index (χ0n) is 14.9. The molecule has 0 fully saturated rings. The maximum absolute atomic E-state index is 12.7. The molecule has 30 heavy (non-hydrogen) atoms. The van der Waals surface area contributed by atoms with Crippen molar-refractivity contribution in [3.05, 3.63) is 69.0 Å². The topological polar surface area (TPSA) is 77.1 Å². The van der Waals surface area contributed by atoms with Gasteiger partial charge in [-0.2, -0.15) is 13.2 Å². The minimum atomic E-state index is -4.42. The van der Waals surface area contributed by atoms with Crippen molar-refractivity contribution in [3.8, 4) is 11.3 Å². The fourth-order valence-electron chi connectivity index (χ4n) is 2.78. The Bertz CT molecular complexity index is 1290. The minimum Gasteiger partial charge on any atom is -0.408 e. The normalized spacial score (nSPS) is 11.7. The number of benzene rings is 2. The van der Waals surface area contributed by atoms with Gasteiger partial charge in [-0.05, 0) is 30.3 Å². The Kier molecular flexibility index (Phi) is 5.12. The van der Waals surface area contributed by atoms with Crippen LogP contribution in [0.3, 0.4) is 0 Å². The second-order valence-corrected chi connectivity index (χ2v) is 7.52. The Labute approximate surface area is 175 Å². The van der Waals surface area contributed by atoms with Crippen LogP contribution in [0.1, 0.15) is 5.56 Å². The third-order valence-electron chi connectivity index (χ3n) is 4.19. The van der Waals surface area contributed by atoms with Crippen molar-refractivity contribution in [1.82, 2.24) is 9.55 Å². The second kappa shape index (κ2) is 7.62. The first kappa shape index (κ1) is 20.2. The molecule has 2 aromatic carbocycles. The number of thiazole rings is 1. The van der Waals surface area contributed by atoms with Crippen LogP contribution >= 0.6 is 22.9 Å². The summed E-state index contributed by atoms with van der Waals surface area (Å²) < 4.78 is 44.2. The molecule has 0 saturated heterocycles. The first-order valence-electron chi connectivity index (χ1n) is 8.42. The van der Waals surface area contributed by atoms with E-state index < -0.39 is 23.4 Å². The molecule has 4 rings (SSSR count). The van der Waals surface area contributed by atoms with Crippen LogP contribution in [0.5, 0.6) is 0 Å². The Morgan fingerprint density at radius 3 is 2.63 bits per heavy atom. The van der Waals surface area contributed by atoms with Gasteiger partial charge in [0.05, 0.1) is 16.8 Å². The SMILES string of the molecule is O=C(Cn1c(=O)oc2ccc(Cl)cc21)Nc1nc(-c2ccc(C(F)(F)F)cc2)cs1. The van der Waals surface area contributed by atoms with E-state index in [1.807, 2.05) is 0 Å². The highest BCUT2D eigenvalue weighted by atomic mass is 35.5. The molecule has 2 heterocycles. The van der Waals surface area contributed by atoms with Crippen LogP contribution in [0.25, 0.3) is 22.4 Å². The Balaban J connectivity index is 1.49. The summed E-state index contributed by atoms with van der Waals surface area (Å²) in [7, 11) is 0. The van der Waals surface area contributed by atoms with E-state index in [1.165, 1.54) is 24.3 Å². The highest BCUT2D eigenvalue weighted by molar-refractivity contribution is 7.14. The van der Waals surface area contributed by atoms with Gasteiger partial charge in [0.2, 0.25) is 5.91 Å². The molecule has 0 saturated carbocycles. The maximum Gasteiger partial charge on any atom is 0.420 e. The van der Waals surface area contributed by atoms with Crippen LogP contribution in [-0.4, -0.2) is 15.5 Å². The average Bonchev–Trinajstić information content (AvgIpc) is 3.26. The second-order valence-electron chi connectivity index (χ2n) is 6.23. The van der Waals surface area contributed by atoms with Crippen molar-refractivity contribution in [1.29, 1.82) is 0 Å². The van der Waals surface area contributed by atoms with Crippen molar-refractivity contribution in [2.75, 3.05) is 5.32 Å². The van der Waals surface area contributed by atoms with Gasteiger partial charge in [0.15, 0.2) is 10.7 Å². The number of aromatic nitrogens is 2. The number of rotatable bonds is 4. The van der Waals surface area contributed by atoms with Gasteiger partial charge in [-0.25, -0.2) is 9.78 Å². The van der Waals surface area contributed by atoms with Gasteiger partial charge >= 0.3 is 11.9 Å². The third kappa shape index (κ3) is 4.10. The van der Waals surface area contributed by atoms with E-state index in [2.05, 4.69) is 10.3 Å². The third-order valence-corrected chi connectivity index (χ3v) is 5.18. The first-order valence-corrected chi connectivity index (χ1v) is 9.68. The van der Waals surface area contributed by atoms with Gasteiger partial charge in [-0.3, -0.25) is 9.36 Å². The molecule has 0 atom stereocenters. The number of alkyl halides is 3. The quantitative estimate of drug-likeness (QED) is 0.470. The van der Waals surface area contributed by atoms with Crippen LogP contribution in [0.4, 0.5) is 18.3 Å². The van der Waals surface area contributed by atoms with Gasteiger partial charge in [0, 0.05) is 16.0 Å². The molecule has 1 N–H and O–H groups in total. The highest BCUT2D eigenvalue weighted by Gasteiger charge is 2.30. The fraction of sp³-hybridized carbons (Fsp3) is 0.105. The number of amides is 1. The number of anilines is 1. The van der Waals surface area contributed by atoms with E-state index in [4.69, 9.17) is 16.0 Å². The predicted molar refractivity (Wildman–Crippen MR) is 107 cm³/mol. The van der Waals surface area contributed by atoms with Crippen LogP contribution in [0.15, 0.2) is 57.1 Å². The molecular weight excluding hydrogens is 443 g/mol. The lowest BCUT2D eigenvalue weighted by atomic mass is 10.1. The molecule has 4 aromatic rings. The zero-order valence-corrected chi connectivity index (χ0v) is 16.4. The number of halogens is 4. The van der Waals surface area contributed by atoms with E-state index in [-0.39, 0.29) is 11.7 Å². The minimum absolute atomic E-state index is 0.244. The van der Waals surface area contributed by atoms with E-state index in [0.717, 1.165) is 28.0 Å². The summed E-state index contributed by atoms with van der Waals surface area (Å²) in [5.74, 6) is -1.22. The number of hydrogen-bond donors (Lipinski definition) is 1. The summed E-state index contributed by atoms with van der Waals surface area (Å²) in [5, 5.41) is 4.81. The van der Waals surface area contributed by atoms with Gasteiger partial charge in [0.25, 0.3) is 0 Å². The summed E-state index contributed by atoms with van der Waals surface area (Å²) in [6, 6.07) is 9.17. The molecule has 0 bridgehead atoms. The average molecular weight is 454 g/mol. The zero-order chi connectivity index (χ0) is 21.5. The number of nitrogens with one attached hydrogen (secondary N) is 1. The standard InChI is InChI=1S/C19H11ClF3N3O3S/c20-12-5-6-15-14(7-12)26(18(28)29-15)8-16(27)25-17-24-13(9-30-17)10-1-3-11(4-2-10)19(21,22)23/h1-7,9H,8H2,(H,24,25,27). The number of carbonyl (C=O) groups excluding carboxylic acids is 1. The van der Waals surface area contributed by atoms with Crippen molar-refractivity contribution in [2.24, 2.45) is 0 Å². The summed E-state index contributed by atoms with van der Waals surface area (Å²) >= 11 is 7.04. The fourth-order valence-corrected chi connectivity index (χ4v) is 3.68. The predicted octanol–water partition coefficient (Wildman–Crippen LogP) is 5.03. The summed E-state index contributed by atoms with van der Waals surface area (Å²) in [5.41, 5.74) is 0.823. The van der Waals surface area contributed by atoms with Crippen LogP contribution < -0.4 is 11.1 Å². The van der Waals surface area contributed by atoms with E-state index >= 15 is 0 Å². The molecule has 0 spiro atoms. The molecule has 0 aliphatic rings. The Hall–Kier alpha value is -3.11. The largest absolute Gasteiger partial charge is 0.420 e. The molecular formula is C19H11ClF3N3O3S. The maximum atomic E-state index is 12.7. The number of fused-ring (bicyclic) bond motifs is 1. The monoisotopic (exact) mass is 453 g/mol. The number of oxazole rings is 1. The van der Waals surface area contributed by atoms with Gasteiger partial charge in [-0.1, -0.05) is 23.7 Å². The smallest absolute Gasteiger partial charge is 0.408 e. The van der Waals surface area contributed by atoms with E-state index in [1.54, 1.807) is 11.4 Å². The Morgan fingerprint density at radius 1 is 1.20 bits per heavy atom. The molecule has 11 heteroatoms. The van der Waals surface area contributed by atoms with Gasteiger partial charge in [-0.15, -0.1) is 11.3 Å². The summed E-state index contributed by atoms with van der Waals surface area (Å²) in [6.07, 6.45) is -4.42. The summed E-state index contributed by atoms with van der Waals surface area (Å²) in [6.45, 7) is -0.318. The lowest BCUT2D eigenvalue weighted by molar-refractivity contribution is -0.137. The lowest BCUT2D eigenvalue weighted by Crippen LogP contribution is -2.24. The van der Waals surface area contributed by atoms with E-state index in [0.29, 0.717) is 27.4 Å². The molecule has 1 amide bonds. The summed E-state index contributed by atoms with van der Waals surface area (Å²) in [4.78, 5) is 28.6. The molecule has 6 nitrogen and oxygen atoms in total. The molecule has 0 aliphatic carbocycles. The van der Waals surface area contributed by atoms with Crippen molar-refractivity contribution in [3.63, 3.8) is 0 Å². The van der Waals surface area contributed by atoms with Gasteiger partial charge < -0.3 is 9.73 Å². The number of nitrogens with zero attached hydrogens (tertiary/aromatic N) is 2. The molecule has 0 radical (unpaired) electrons. The Morgan fingerprint density at radius 2 is 1.93 bits per heavy atom. The molecule has 0 aliphatic heterocycles. The van der Waals surface area contributed by atoms with Crippen LogP contribution in [0.2, 0.25) is 5.02 Å². The molecule has 154 valence electrons. The van der Waals surface area contributed by atoms with Gasteiger partial charge in [0.1, 0.15) is 6.54 Å². The van der Waals surface area contributed by atoms with Crippen LogP contribution in [-0.2, 0) is 17.5 Å². The number of hydrogen-bond acceptors (Lipinski definition) is 5. The van der Waals surface area contributed by atoms with Crippen molar-refractivity contribution in [2.45, 2.75) is 12.7 Å².